The van der Waals surface area contributed by atoms with Crippen molar-refractivity contribution in [3.63, 3.8) is 0 Å². The highest BCUT2D eigenvalue weighted by Crippen LogP contribution is 2.25. The zero-order valence-corrected chi connectivity index (χ0v) is 15.4. The third-order valence-corrected chi connectivity index (χ3v) is 4.12. The fourth-order valence-corrected chi connectivity index (χ4v) is 2.83. The predicted octanol–water partition coefficient (Wildman–Crippen LogP) is 0.850. The first-order chi connectivity index (χ1) is 13.0. The summed E-state index contributed by atoms with van der Waals surface area (Å²) in [5.74, 6) is 1.25. The van der Waals surface area contributed by atoms with Crippen LogP contribution in [0.5, 0.6) is 5.75 Å². The lowest BCUT2D eigenvalue weighted by molar-refractivity contribution is 0.280. The van der Waals surface area contributed by atoms with Gasteiger partial charge in [-0.2, -0.15) is 10.1 Å². The van der Waals surface area contributed by atoms with Crippen LogP contribution in [0.25, 0.3) is 11.0 Å². The van der Waals surface area contributed by atoms with Gasteiger partial charge in [-0.1, -0.05) is 13.3 Å². The Balaban J connectivity index is 2.00. The van der Waals surface area contributed by atoms with Gasteiger partial charge in [0.15, 0.2) is 5.82 Å². The van der Waals surface area contributed by atoms with Crippen LogP contribution in [0.4, 0.5) is 11.8 Å². The van der Waals surface area contributed by atoms with Crippen LogP contribution in [0.3, 0.4) is 0 Å². The third kappa shape index (κ3) is 4.07. The molecule has 0 fully saturated rings. The molecule has 3 aromatic rings. The second kappa shape index (κ2) is 8.14. The van der Waals surface area contributed by atoms with Gasteiger partial charge in [-0.25, -0.2) is 4.98 Å². The summed E-state index contributed by atoms with van der Waals surface area (Å²) in [5.41, 5.74) is 14.6. The van der Waals surface area contributed by atoms with Crippen LogP contribution in [-0.2, 0) is 13.2 Å². The summed E-state index contributed by atoms with van der Waals surface area (Å²) in [6.45, 7) is 2.29. The van der Waals surface area contributed by atoms with Gasteiger partial charge >= 0.3 is 0 Å². The van der Waals surface area contributed by atoms with Gasteiger partial charge in [0, 0.05) is 6.20 Å². The molecule has 144 valence electrons. The minimum Gasteiger partial charge on any atom is -0.495 e. The van der Waals surface area contributed by atoms with E-state index in [0.717, 1.165) is 12.8 Å². The Labute approximate surface area is 156 Å². The number of hydrogen-bond acceptors (Lipinski definition) is 9. The molecule has 1 atom stereocenters. The SMILES string of the molecule is CCCC(N)Nc1nc(N)nc2cnn(Cc3ncc(CO)cc3OC)c12. The van der Waals surface area contributed by atoms with Crippen LogP contribution in [0.1, 0.15) is 31.0 Å². The van der Waals surface area contributed by atoms with E-state index in [0.29, 0.717) is 40.4 Å². The summed E-state index contributed by atoms with van der Waals surface area (Å²) < 4.78 is 7.11. The topological polar surface area (TPSA) is 150 Å². The van der Waals surface area contributed by atoms with Crippen molar-refractivity contribution >= 4 is 22.8 Å². The highest BCUT2D eigenvalue weighted by molar-refractivity contribution is 5.86. The second-order valence-corrected chi connectivity index (χ2v) is 6.16. The largest absolute Gasteiger partial charge is 0.495 e. The van der Waals surface area contributed by atoms with E-state index >= 15 is 0 Å². The molecule has 3 heterocycles. The average Bonchev–Trinajstić information content (AvgIpc) is 3.04. The number of ether oxygens (including phenoxy) is 1. The summed E-state index contributed by atoms with van der Waals surface area (Å²) in [6, 6.07) is 1.75. The molecule has 10 heteroatoms. The molecule has 0 aliphatic carbocycles. The molecule has 0 bridgehead atoms. The van der Waals surface area contributed by atoms with Crippen molar-refractivity contribution in [3.8, 4) is 5.75 Å². The van der Waals surface area contributed by atoms with E-state index in [-0.39, 0.29) is 18.7 Å². The molecule has 0 spiro atoms. The van der Waals surface area contributed by atoms with Gasteiger partial charge in [0.25, 0.3) is 0 Å². The Hall–Kier alpha value is -2.98. The highest BCUT2D eigenvalue weighted by Gasteiger charge is 2.16. The van der Waals surface area contributed by atoms with Crippen LogP contribution in [0.2, 0.25) is 0 Å². The molecule has 0 aliphatic rings. The van der Waals surface area contributed by atoms with Gasteiger partial charge in [-0.05, 0) is 18.1 Å². The number of rotatable bonds is 8. The number of nitrogens with one attached hydrogen (secondary N) is 1. The van der Waals surface area contributed by atoms with E-state index in [9.17, 15) is 5.11 Å². The Morgan fingerprint density at radius 3 is 2.85 bits per heavy atom. The van der Waals surface area contributed by atoms with Crippen molar-refractivity contribution in [1.82, 2.24) is 24.7 Å². The van der Waals surface area contributed by atoms with E-state index in [1.807, 2.05) is 0 Å². The molecule has 1 unspecified atom stereocenters. The van der Waals surface area contributed by atoms with Crippen LogP contribution >= 0.6 is 0 Å². The zero-order chi connectivity index (χ0) is 19.4. The Bertz CT molecular complexity index is 927. The van der Waals surface area contributed by atoms with Crippen molar-refractivity contribution in [3.05, 3.63) is 29.7 Å². The monoisotopic (exact) mass is 372 g/mol. The Morgan fingerprint density at radius 1 is 1.33 bits per heavy atom. The normalized spacial score (nSPS) is 12.3. The first-order valence-electron chi connectivity index (χ1n) is 8.69. The smallest absolute Gasteiger partial charge is 0.222 e. The first kappa shape index (κ1) is 18.8. The third-order valence-electron chi connectivity index (χ3n) is 4.12. The number of nitrogen functional groups attached to an aromatic ring is 1. The van der Waals surface area contributed by atoms with Crippen molar-refractivity contribution in [1.29, 1.82) is 0 Å². The Kier molecular flexibility index (Phi) is 5.67. The number of methoxy groups -OCH3 is 1. The van der Waals surface area contributed by atoms with E-state index in [1.54, 1.807) is 30.3 Å². The zero-order valence-electron chi connectivity index (χ0n) is 15.4. The number of nitrogens with zero attached hydrogens (tertiary/aromatic N) is 5. The molecule has 10 nitrogen and oxygen atoms in total. The fraction of sp³-hybridized carbons (Fsp3) is 0.412. The molecule has 0 amide bonds. The molecule has 6 N–H and O–H groups in total. The quantitative estimate of drug-likeness (QED) is 0.422. The summed E-state index contributed by atoms with van der Waals surface area (Å²) in [7, 11) is 1.56. The number of hydrogen-bond donors (Lipinski definition) is 4. The molecule has 0 saturated carbocycles. The summed E-state index contributed by atoms with van der Waals surface area (Å²) in [6.07, 6.45) is 4.70. The van der Waals surface area contributed by atoms with Crippen LogP contribution in [0, 0.1) is 0 Å². The van der Waals surface area contributed by atoms with Crippen molar-refractivity contribution in [2.75, 3.05) is 18.2 Å². The van der Waals surface area contributed by atoms with Gasteiger partial charge in [0.05, 0.1) is 32.6 Å². The number of aliphatic hydroxyl groups excluding tert-OH is 1. The van der Waals surface area contributed by atoms with E-state index < -0.39 is 0 Å². The van der Waals surface area contributed by atoms with E-state index in [1.165, 1.54) is 0 Å². The first-order valence-corrected chi connectivity index (χ1v) is 8.69. The molecular formula is C17H24N8O2. The van der Waals surface area contributed by atoms with Crippen molar-refractivity contribution in [2.45, 2.75) is 39.1 Å². The summed E-state index contributed by atoms with van der Waals surface area (Å²) in [5, 5.41) is 16.9. The van der Waals surface area contributed by atoms with E-state index in [2.05, 4.69) is 32.3 Å². The van der Waals surface area contributed by atoms with Crippen LogP contribution in [-0.4, -0.2) is 43.1 Å². The van der Waals surface area contributed by atoms with Crippen molar-refractivity contribution in [2.24, 2.45) is 5.73 Å². The molecule has 27 heavy (non-hydrogen) atoms. The lowest BCUT2D eigenvalue weighted by Gasteiger charge is -2.16. The van der Waals surface area contributed by atoms with Gasteiger partial charge in [0.2, 0.25) is 5.95 Å². The van der Waals surface area contributed by atoms with Crippen LogP contribution in [0.15, 0.2) is 18.5 Å². The molecule has 0 radical (unpaired) electrons. The molecule has 3 rings (SSSR count). The number of anilines is 2. The van der Waals surface area contributed by atoms with E-state index in [4.69, 9.17) is 16.2 Å². The number of fused-ring (bicyclic) bond motifs is 1. The molecule has 0 saturated heterocycles. The highest BCUT2D eigenvalue weighted by atomic mass is 16.5. The number of nitrogens with two attached hydrogens (primary N) is 2. The number of pyridine rings is 1. The molecular weight excluding hydrogens is 348 g/mol. The lowest BCUT2D eigenvalue weighted by atomic mass is 10.2. The van der Waals surface area contributed by atoms with Gasteiger partial charge < -0.3 is 26.6 Å². The maximum absolute atomic E-state index is 9.27. The molecule has 3 aromatic heterocycles. The number of aliphatic hydroxyl groups is 1. The molecule has 0 aliphatic heterocycles. The van der Waals surface area contributed by atoms with Gasteiger partial charge in [0.1, 0.15) is 22.5 Å². The van der Waals surface area contributed by atoms with Gasteiger partial charge in [-0.3, -0.25) is 9.67 Å². The van der Waals surface area contributed by atoms with Gasteiger partial charge in [-0.15, -0.1) is 0 Å². The van der Waals surface area contributed by atoms with Crippen molar-refractivity contribution < 1.29 is 9.84 Å². The predicted molar refractivity (Wildman–Crippen MR) is 102 cm³/mol. The maximum atomic E-state index is 9.27. The average molecular weight is 372 g/mol. The minimum absolute atomic E-state index is 0.106. The standard InChI is InChI=1S/C17H24N8O2/c1-3-4-14(18)23-16-15-11(22-17(19)24-16)7-21-25(15)8-12-13(27-2)5-10(9-26)6-20-12/h5-7,14,26H,3-4,8-9,18H2,1-2H3,(H3,19,22,23,24). The molecule has 0 aromatic carbocycles. The lowest BCUT2D eigenvalue weighted by Crippen LogP contribution is -2.30. The fourth-order valence-electron chi connectivity index (χ4n) is 2.83. The maximum Gasteiger partial charge on any atom is 0.222 e. The summed E-state index contributed by atoms with van der Waals surface area (Å²) >= 11 is 0. The van der Waals surface area contributed by atoms with Crippen LogP contribution < -0.4 is 21.5 Å². The Morgan fingerprint density at radius 2 is 2.15 bits per heavy atom. The minimum atomic E-state index is -0.257. The number of aromatic nitrogens is 5. The summed E-state index contributed by atoms with van der Waals surface area (Å²) in [4.78, 5) is 12.9. The second-order valence-electron chi connectivity index (χ2n) is 6.16.